The third kappa shape index (κ3) is 2.52. The number of nitrogen functional groups attached to an aromatic ring is 1. The highest BCUT2D eigenvalue weighted by atomic mass is 32.2. The van der Waals surface area contributed by atoms with Crippen molar-refractivity contribution in [2.24, 2.45) is 0 Å². The normalized spacial score (nSPS) is 12.0. The molecular formula is C12H12F2N2O3S. The van der Waals surface area contributed by atoms with E-state index in [4.69, 9.17) is 10.2 Å². The van der Waals surface area contributed by atoms with Crippen LogP contribution in [0.2, 0.25) is 0 Å². The van der Waals surface area contributed by atoms with Crippen molar-refractivity contribution in [3.05, 3.63) is 47.9 Å². The minimum Gasteiger partial charge on any atom is -0.468 e. The molecule has 5 nitrogen and oxygen atoms in total. The fourth-order valence-corrected chi connectivity index (χ4v) is 2.83. The number of rotatable bonds is 4. The predicted molar refractivity (Wildman–Crippen MR) is 68.1 cm³/mol. The SMILES string of the molecule is CN(Cc1ccco1)S(=O)(=O)c1ccc(F)c(N)c1F. The summed E-state index contributed by atoms with van der Waals surface area (Å²) >= 11 is 0. The summed E-state index contributed by atoms with van der Waals surface area (Å²) in [7, 11) is -2.87. The number of nitrogens with zero attached hydrogens (tertiary/aromatic N) is 1. The molecule has 0 saturated carbocycles. The Morgan fingerprint density at radius 3 is 2.60 bits per heavy atom. The van der Waals surface area contributed by atoms with Gasteiger partial charge in [-0.15, -0.1) is 0 Å². The molecule has 1 heterocycles. The van der Waals surface area contributed by atoms with Gasteiger partial charge in [0.1, 0.15) is 22.2 Å². The standard InChI is InChI=1S/C12H12F2N2O3S/c1-16(7-8-3-2-6-19-8)20(17,18)10-5-4-9(13)12(15)11(10)14/h2-6H,7,15H2,1H3. The fourth-order valence-electron chi connectivity index (χ4n) is 1.62. The molecule has 0 saturated heterocycles. The lowest BCUT2D eigenvalue weighted by molar-refractivity contribution is 0.404. The Labute approximate surface area is 114 Å². The summed E-state index contributed by atoms with van der Waals surface area (Å²) in [6.07, 6.45) is 1.40. The van der Waals surface area contributed by atoms with Gasteiger partial charge < -0.3 is 10.2 Å². The minimum atomic E-state index is -4.13. The maximum Gasteiger partial charge on any atom is 0.246 e. The van der Waals surface area contributed by atoms with Crippen LogP contribution in [0.15, 0.2) is 39.8 Å². The molecule has 8 heteroatoms. The largest absolute Gasteiger partial charge is 0.468 e. The highest BCUT2D eigenvalue weighted by Gasteiger charge is 2.27. The molecule has 108 valence electrons. The van der Waals surface area contributed by atoms with Crippen molar-refractivity contribution < 1.29 is 21.6 Å². The molecule has 0 radical (unpaired) electrons. The molecule has 2 aromatic rings. The van der Waals surface area contributed by atoms with Gasteiger partial charge in [-0.25, -0.2) is 17.2 Å². The van der Waals surface area contributed by atoms with Gasteiger partial charge in [0.05, 0.1) is 12.8 Å². The molecule has 0 unspecified atom stereocenters. The van der Waals surface area contributed by atoms with Crippen LogP contribution in [0.25, 0.3) is 0 Å². The molecule has 0 atom stereocenters. The van der Waals surface area contributed by atoms with E-state index in [-0.39, 0.29) is 6.54 Å². The zero-order valence-electron chi connectivity index (χ0n) is 10.5. The summed E-state index contributed by atoms with van der Waals surface area (Å²) in [6, 6.07) is 4.84. The van der Waals surface area contributed by atoms with Gasteiger partial charge >= 0.3 is 0 Å². The molecule has 1 aromatic carbocycles. The Balaban J connectivity index is 2.37. The Morgan fingerprint density at radius 1 is 1.30 bits per heavy atom. The van der Waals surface area contributed by atoms with Gasteiger partial charge in [-0.05, 0) is 24.3 Å². The van der Waals surface area contributed by atoms with Crippen LogP contribution in [0.1, 0.15) is 5.76 Å². The number of nitrogens with two attached hydrogens (primary N) is 1. The highest BCUT2D eigenvalue weighted by Crippen LogP contribution is 2.25. The van der Waals surface area contributed by atoms with E-state index >= 15 is 0 Å². The summed E-state index contributed by atoms with van der Waals surface area (Å²) in [5.74, 6) is -1.90. The van der Waals surface area contributed by atoms with Crippen LogP contribution >= 0.6 is 0 Å². The maximum absolute atomic E-state index is 13.8. The number of hydrogen-bond donors (Lipinski definition) is 1. The molecule has 1 aromatic heterocycles. The number of benzene rings is 1. The van der Waals surface area contributed by atoms with Crippen molar-refractivity contribution in [2.75, 3.05) is 12.8 Å². The van der Waals surface area contributed by atoms with E-state index in [1.807, 2.05) is 0 Å². The Morgan fingerprint density at radius 2 is 2.00 bits per heavy atom. The van der Waals surface area contributed by atoms with Gasteiger partial charge in [0.2, 0.25) is 10.0 Å². The van der Waals surface area contributed by atoms with Crippen LogP contribution in [-0.4, -0.2) is 19.8 Å². The van der Waals surface area contributed by atoms with E-state index in [0.717, 1.165) is 16.4 Å². The lowest BCUT2D eigenvalue weighted by Gasteiger charge is -2.17. The molecule has 0 aliphatic heterocycles. The number of hydrogen-bond acceptors (Lipinski definition) is 4. The van der Waals surface area contributed by atoms with E-state index in [0.29, 0.717) is 5.76 Å². The first-order valence-corrected chi connectivity index (χ1v) is 7.00. The van der Waals surface area contributed by atoms with Crippen LogP contribution < -0.4 is 5.73 Å². The lowest BCUT2D eigenvalue weighted by Crippen LogP contribution is -2.27. The van der Waals surface area contributed by atoms with Crippen LogP contribution in [0.5, 0.6) is 0 Å². The molecule has 0 bridgehead atoms. The van der Waals surface area contributed by atoms with Gasteiger partial charge in [0, 0.05) is 7.05 Å². The molecule has 20 heavy (non-hydrogen) atoms. The van der Waals surface area contributed by atoms with Crippen LogP contribution in [0, 0.1) is 11.6 Å². The number of sulfonamides is 1. The average molecular weight is 302 g/mol. The number of halogens is 2. The zero-order chi connectivity index (χ0) is 14.9. The Bertz CT molecular complexity index is 715. The van der Waals surface area contributed by atoms with E-state index in [2.05, 4.69) is 0 Å². The molecule has 0 fully saturated rings. The van der Waals surface area contributed by atoms with Gasteiger partial charge in [-0.1, -0.05) is 0 Å². The monoisotopic (exact) mass is 302 g/mol. The van der Waals surface area contributed by atoms with E-state index in [1.54, 1.807) is 12.1 Å². The van der Waals surface area contributed by atoms with Crippen LogP contribution in [0.4, 0.5) is 14.5 Å². The number of furan rings is 1. The Hall–Kier alpha value is -1.93. The summed E-state index contributed by atoms with van der Waals surface area (Å²) in [4.78, 5) is -0.676. The molecule has 0 spiro atoms. The molecule has 0 amide bonds. The first kappa shape index (κ1) is 14.5. The van der Waals surface area contributed by atoms with Crippen molar-refractivity contribution in [2.45, 2.75) is 11.4 Å². The lowest BCUT2D eigenvalue weighted by atomic mass is 10.3. The van der Waals surface area contributed by atoms with E-state index < -0.39 is 32.2 Å². The summed E-state index contributed by atoms with van der Waals surface area (Å²) in [5.41, 5.74) is 4.34. The first-order chi connectivity index (χ1) is 9.34. The Kier molecular flexibility index (Phi) is 3.78. The average Bonchev–Trinajstić information content (AvgIpc) is 2.88. The summed E-state index contributed by atoms with van der Waals surface area (Å²) in [6.45, 7) is -0.0773. The van der Waals surface area contributed by atoms with Crippen LogP contribution in [0.3, 0.4) is 0 Å². The maximum atomic E-state index is 13.8. The molecule has 0 aliphatic carbocycles. The molecule has 2 rings (SSSR count). The smallest absolute Gasteiger partial charge is 0.246 e. The quantitative estimate of drug-likeness (QED) is 0.876. The second kappa shape index (κ2) is 5.22. The van der Waals surface area contributed by atoms with Crippen molar-refractivity contribution in [3.8, 4) is 0 Å². The molecule has 2 N–H and O–H groups in total. The van der Waals surface area contributed by atoms with Gasteiger partial charge in [-0.3, -0.25) is 0 Å². The van der Waals surface area contributed by atoms with E-state index in [1.165, 1.54) is 13.3 Å². The van der Waals surface area contributed by atoms with Crippen molar-refractivity contribution in [1.82, 2.24) is 4.31 Å². The third-order valence-corrected chi connectivity index (χ3v) is 4.56. The topological polar surface area (TPSA) is 76.5 Å². The summed E-state index contributed by atoms with van der Waals surface area (Å²) in [5, 5.41) is 0. The first-order valence-electron chi connectivity index (χ1n) is 5.56. The van der Waals surface area contributed by atoms with Gasteiger partial charge in [0.25, 0.3) is 0 Å². The van der Waals surface area contributed by atoms with Gasteiger partial charge in [-0.2, -0.15) is 4.31 Å². The van der Waals surface area contributed by atoms with Crippen molar-refractivity contribution >= 4 is 15.7 Å². The second-order valence-corrected chi connectivity index (χ2v) is 6.13. The molecule has 0 aliphatic rings. The third-order valence-electron chi connectivity index (χ3n) is 2.74. The van der Waals surface area contributed by atoms with Gasteiger partial charge in [0.15, 0.2) is 5.82 Å². The van der Waals surface area contributed by atoms with Crippen molar-refractivity contribution in [1.29, 1.82) is 0 Å². The van der Waals surface area contributed by atoms with Crippen LogP contribution in [-0.2, 0) is 16.6 Å². The zero-order valence-corrected chi connectivity index (χ0v) is 11.3. The van der Waals surface area contributed by atoms with E-state index in [9.17, 15) is 17.2 Å². The summed E-state index contributed by atoms with van der Waals surface area (Å²) < 4.78 is 57.2. The van der Waals surface area contributed by atoms with Crippen molar-refractivity contribution in [3.63, 3.8) is 0 Å². The second-order valence-electron chi connectivity index (χ2n) is 4.11. The highest BCUT2D eigenvalue weighted by molar-refractivity contribution is 7.89. The molecular weight excluding hydrogens is 290 g/mol. The fraction of sp³-hybridized carbons (Fsp3) is 0.167. The minimum absolute atomic E-state index is 0.0773. The number of anilines is 1. The predicted octanol–water partition coefficient (Wildman–Crippen LogP) is 1.96.